The van der Waals surface area contributed by atoms with E-state index in [9.17, 15) is 4.79 Å². The Morgan fingerprint density at radius 3 is 2.88 bits per heavy atom. The van der Waals surface area contributed by atoms with Gasteiger partial charge in [-0.25, -0.2) is 9.67 Å². The topological polar surface area (TPSA) is 59.8 Å². The van der Waals surface area contributed by atoms with Crippen LogP contribution in [0.5, 0.6) is 0 Å². The molecule has 0 saturated heterocycles. The molecule has 4 rings (SSSR count). The van der Waals surface area contributed by atoms with E-state index >= 15 is 0 Å². The highest BCUT2D eigenvalue weighted by molar-refractivity contribution is 7.13. The summed E-state index contributed by atoms with van der Waals surface area (Å²) in [5, 5.41) is 10.8. The van der Waals surface area contributed by atoms with Crippen molar-refractivity contribution in [3.8, 4) is 10.6 Å². The van der Waals surface area contributed by atoms with Crippen molar-refractivity contribution in [2.45, 2.75) is 38.1 Å². The van der Waals surface area contributed by atoms with Gasteiger partial charge < -0.3 is 5.32 Å². The minimum Gasteiger partial charge on any atom is -0.311 e. The lowest BCUT2D eigenvalue weighted by Gasteiger charge is -2.14. The highest BCUT2D eigenvalue weighted by Crippen LogP contribution is 2.32. The first kappa shape index (κ1) is 17.2. The Labute approximate surface area is 161 Å². The Morgan fingerprint density at radius 2 is 2.08 bits per heavy atom. The molecule has 0 unspecified atom stereocenters. The van der Waals surface area contributed by atoms with E-state index in [1.807, 2.05) is 40.4 Å². The number of carbonyl (C=O) groups is 1. The quantitative estimate of drug-likeness (QED) is 0.674. The summed E-state index contributed by atoms with van der Waals surface area (Å²) < 4.78 is 1.95. The molecule has 0 bridgehead atoms. The lowest BCUT2D eigenvalue weighted by atomic mass is 10.2. The monoisotopic (exact) mass is 386 g/mol. The third-order valence-corrected chi connectivity index (χ3v) is 5.86. The molecule has 0 aliphatic heterocycles. The van der Waals surface area contributed by atoms with Crippen LogP contribution in [0.15, 0.2) is 41.9 Å². The first-order valence-electron chi connectivity index (χ1n) is 8.73. The van der Waals surface area contributed by atoms with Gasteiger partial charge in [-0.05, 0) is 18.9 Å². The fourth-order valence-corrected chi connectivity index (χ4v) is 4.49. The molecule has 0 radical (unpaired) electrons. The van der Waals surface area contributed by atoms with Gasteiger partial charge in [0, 0.05) is 17.0 Å². The number of benzene rings is 1. The average molecular weight is 387 g/mol. The molecular weight excluding hydrogens is 368 g/mol. The molecule has 1 aliphatic rings. The minimum atomic E-state index is -0.0826. The van der Waals surface area contributed by atoms with E-state index in [0.717, 1.165) is 34.9 Å². The van der Waals surface area contributed by atoms with Crippen LogP contribution in [0.4, 0.5) is 5.82 Å². The molecule has 1 fully saturated rings. The van der Waals surface area contributed by atoms with E-state index in [0.29, 0.717) is 11.1 Å². The van der Waals surface area contributed by atoms with Crippen LogP contribution in [0.1, 0.15) is 37.4 Å². The van der Waals surface area contributed by atoms with Crippen molar-refractivity contribution < 1.29 is 4.79 Å². The number of halogens is 1. The van der Waals surface area contributed by atoms with E-state index in [4.69, 9.17) is 11.6 Å². The molecule has 1 aliphatic carbocycles. The van der Waals surface area contributed by atoms with Crippen LogP contribution in [0, 0.1) is 0 Å². The van der Waals surface area contributed by atoms with Crippen LogP contribution in [0.3, 0.4) is 0 Å². The third kappa shape index (κ3) is 3.66. The van der Waals surface area contributed by atoms with Crippen LogP contribution in [-0.4, -0.2) is 20.7 Å². The van der Waals surface area contributed by atoms with Gasteiger partial charge >= 0.3 is 0 Å². The molecule has 5 nitrogen and oxygen atoms in total. The number of amides is 1. The Bertz CT molecular complexity index is 914. The zero-order valence-electron chi connectivity index (χ0n) is 14.2. The molecule has 1 amide bonds. The molecule has 7 heteroatoms. The van der Waals surface area contributed by atoms with E-state index in [1.54, 1.807) is 6.20 Å². The number of hydrogen-bond acceptors (Lipinski definition) is 4. The van der Waals surface area contributed by atoms with Gasteiger partial charge in [-0.15, -0.1) is 11.3 Å². The number of carbonyl (C=O) groups excluding carboxylic acids is 1. The zero-order valence-corrected chi connectivity index (χ0v) is 15.8. The van der Waals surface area contributed by atoms with Crippen LogP contribution in [-0.2, 0) is 11.2 Å². The number of rotatable bonds is 5. The van der Waals surface area contributed by atoms with Crippen molar-refractivity contribution in [1.29, 1.82) is 0 Å². The first-order valence-corrected chi connectivity index (χ1v) is 9.99. The number of nitrogens with zero attached hydrogens (tertiary/aromatic N) is 3. The summed E-state index contributed by atoms with van der Waals surface area (Å²) >= 11 is 7.72. The molecule has 1 saturated carbocycles. The summed E-state index contributed by atoms with van der Waals surface area (Å²) in [7, 11) is 0. The second-order valence-electron chi connectivity index (χ2n) is 6.45. The van der Waals surface area contributed by atoms with E-state index < -0.39 is 0 Å². The Balaban J connectivity index is 1.43. The molecule has 2 heterocycles. The SMILES string of the molecule is O=C(Cc1csc(-c2ccccc2Cl)n1)Nc1ccnn1C1CCCC1. The smallest absolute Gasteiger partial charge is 0.231 e. The molecule has 26 heavy (non-hydrogen) atoms. The van der Waals surface area contributed by atoms with E-state index in [-0.39, 0.29) is 12.3 Å². The minimum absolute atomic E-state index is 0.0826. The summed E-state index contributed by atoms with van der Waals surface area (Å²) in [6.45, 7) is 0. The van der Waals surface area contributed by atoms with Gasteiger partial charge in [0.15, 0.2) is 0 Å². The molecule has 2 aromatic heterocycles. The van der Waals surface area contributed by atoms with Gasteiger partial charge in [-0.1, -0.05) is 42.6 Å². The lowest BCUT2D eigenvalue weighted by Crippen LogP contribution is -2.19. The number of hydrogen-bond donors (Lipinski definition) is 1. The van der Waals surface area contributed by atoms with Crippen molar-refractivity contribution in [3.05, 3.63) is 52.6 Å². The van der Waals surface area contributed by atoms with Crippen molar-refractivity contribution >= 4 is 34.7 Å². The van der Waals surface area contributed by atoms with Gasteiger partial charge in [0.05, 0.1) is 29.4 Å². The zero-order chi connectivity index (χ0) is 17.9. The van der Waals surface area contributed by atoms with Crippen molar-refractivity contribution in [1.82, 2.24) is 14.8 Å². The Morgan fingerprint density at radius 1 is 1.27 bits per heavy atom. The lowest BCUT2D eigenvalue weighted by molar-refractivity contribution is -0.115. The van der Waals surface area contributed by atoms with Crippen molar-refractivity contribution in [2.75, 3.05) is 5.32 Å². The maximum Gasteiger partial charge on any atom is 0.231 e. The highest BCUT2D eigenvalue weighted by Gasteiger charge is 2.20. The summed E-state index contributed by atoms with van der Waals surface area (Å²) in [5.74, 6) is 0.684. The molecule has 0 spiro atoms. The summed E-state index contributed by atoms with van der Waals surface area (Å²) in [5.41, 5.74) is 1.64. The fourth-order valence-electron chi connectivity index (χ4n) is 3.35. The maximum atomic E-state index is 12.4. The molecule has 0 atom stereocenters. The number of nitrogens with one attached hydrogen (secondary N) is 1. The number of anilines is 1. The molecule has 1 aromatic carbocycles. The second kappa shape index (κ2) is 7.60. The number of thiazole rings is 1. The van der Waals surface area contributed by atoms with E-state index in [1.165, 1.54) is 24.2 Å². The van der Waals surface area contributed by atoms with Crippen LogP contribution in [0.25, 0.3) is 10.6 Å². The normalized spacial score (nSPS) is 14.7. The van der Waals surface area contributed by atoms with Crippen LogP contribution >= 0.6 is 22.9 Å². The van der Waals surface area contributed by atoms with Crippen LogP contribution < -0.4 is 5.32 Å². The summed E-state index contributed by atoms with van der Waals surface area (Å²) in [6, 6.07) is 9.85. The molecule has 3 aromatic rings. The van der Waals surface area contributed by atoms with E-state index in [2.05, 4.69) is 15.4 Å². The summed E-state index contributed by atoms with van der Waals surface area (Å²) in [4.78, 5) is 17.0. The Kier molecular flexibility index (Phi) is 5.04. The first-order chi connectivity index (χ1) is 12.7. The van der Waals surface area contributed by atoms with Crippen LogP contribution in [0.2, 0.25) is 5.02 Å². The highest BCUT2D eigenvalue weighted by atomic mass is 35.5. The fraction of sp³-hybridized carbons (Fsp3) is 0.316. The average Bonchev–Trinajstić information content (AvgIpc) is 3.36. The largest absolute Gasteiger partial charge is 0.311 e. The van der Waals surface area contributed by atoms with Gasteiger partial charge in [0.2, 0.25) is 5.91 Å². The van der Waals surface area contributed by atoms with Crippen molar-refractivity contribution in [2.24, 2.45) is 0 Å². The van der Waals surface area contributed by atoms with Crippen molar-refractivity contribution in [3.63, 3.8) is 0 Å². The molecular formula is C19H19ClN4OS. The predicted octanol–water partition coefficient (Wildman–Crippen LogP) is 4.96. The Hall–Kier alpha value is -2.18. The number of aromatic nitrogens is 3. The second-order valence-corrected chi connectivity index (χ2v) is 7.71. The van der Waals surface area contributed by atoms with Gasteiger partial charge in [-0.2, -0.15) is 5.10 Å². The standard InChI is InChI=1S/C19H19ClN4OS/c20-16-8-4-3-7-15(16)19-22-13(12-26-19)11-18(25)23-17-9-10-21-24(17)14-5-1-2-6-14/h3-4,7-10,12,14H,1-2,5-6,11H2,(H,23,25). The van der Waals surface area contributed by atoms with Gasteiger partial charge in [0.25, 0.3) is 0 Å². The van der Waals surface area contributed by atoms with Gasteiger partial charge in [0.1, 0.15) is 10.8 Å². The third-order valence-electron chi connectivity index (χ3n) is 4.61. The predicted molar refractivity (Wildman–Crippen MR) is 105 cm³/mol. The molecule has 1 N–H and O–H groups in total. The summed E-state index contributed by atoms with van der Waals surface area (Å²) in [6.07, 6.45) is 6.67. The maximum absolute atomic E-state index is 12.4. The molecule has 134 valence electrons. The van der Waals surface area contributed by atoms with Gasteiger partial charge in [-0.3, -0.25) is 4.79 Å².